The average Bonchev–Trinajstić information content (AvgIpc) is 2.41. The molecule has 110 valence electrons. The Kier molecular flexibility index (Phi) is 8.08. The summed E-state index contributed by atoms with van der Waals surface area (Å²) in [5, 5.41) is 12.0. The number of nitrogens with zero attached hydrogens (tertiary/aromatic N) is 1. The molecule has 8 heteroatoms. The molecule has 1 fully saturated rings. The molecule has 2 amide bonds. The van der Waals surface area contributed by atoms with E-state index in [1.165, 1.54) is 12.0 Å². The van der Waals surface area contributed by atoms with Gasteiger partial charge in [-0.1, -0.05) is 0 Å². The zero-order chi connectivity index (χ0) is 14.1. The van der Waals surface area contributed by atoms with Crippen molar-refractivity contribution in [2.75, 3.05) is 50.6 Å². The summed E-state index contributed by atoms with van der Waals surface area (Å²) in [5.74, 6) is 2.28. The molecule has 1 atom stereocenters. The van der Waals surface area contributed by atoms with Crippen molar-refractivity contribution in [3.8, 4) is 0 Å². The molecule has 19 heavy (non-hydrogen) atoms. The molecule has 1 aliphatic heterocycles. The molecule has 2 N–H and O–H groups in total. The minimum atomic E-state index is -1.02. The lowest BCUT2D eigenvalue weighted by Crippen LogP contribution is -2.46. The van der Waals surface area contributed by atoms with E-state index in [1.54, 1.807) is 0 Å². The fourth-order valence-corrected chi connectivity index (χ4v) is 4.20. The van der Waals surface area contributed by atoms with Crippen LogP contribution in [0, 0.1) is 0 Å². The number of aliphatic carboxylic acids is 1. The zero-order valence-electron chi connectivity index (χ0n) is 11.0. The third-order valence-electron chi connectivity index (χ3n) is 2.54. The fourth-order valence-electron chi connectivity index (χ4n) is 1.58. The average molecular weight is 308 g/mol. The molecule has 6 nitrogen and oxygen atoms in total. The van der Waals surface area contributed by atoms with E-state index in [-0.39, 0.29) is 19.1 Å². The second-order valence-corrected chi connectivity index (χ2v) is 6.62. The van der Waals surface area contributed by atoms with Gasteiger partial charge in [-0.05, 0) is 0 Å². The summed E-state index contributed by atoms with van der Waals surface area (Å²) >= 11 is 3.74. The van der Waals surface area contributed by atoms with E-state index in [0.29, 0.717) is 18.4 Å². The molecule has 1 heterocycles. The Balaban J connectivity index is 2.34. The van der Waals surface area contributed by atoms with Crippen molar-refractivity contribution in [3.05, 3.63) is 0 Å². The first-order chi connectivity index (χ1) is 9.13. The number of carbonyl (C=O) groups excluding carboxylic acids is 1. The van der Waals surface area contributed by atoms with Gasteiger partial charge in [0.15, 0.2) is 0 Å². The maximum Gasteiger partial charge on any atom is 0.323 e. The molecule has 0 radical (unpaired) electrons. The Bertz CT molecular complexity index is 298. The van der Waals surface area contributed by atoms with Crippen LogP contribution in [0.15, 0.2) is 0 Å². The third kappa shape index (κ3) is 6.93. The highest BCUT2D eigenvalue weighted by atomic mass is 32.2. The smallest absolute Gasteiger partial charge is 0.323 e. The maximum absolute atomic E-state index is 11.9. The Morgan fingerprint density at radius 3 is 2.84 bits per heavy atom. The monoisotopic (exact) mass is 308 g/mol. The summed E-state index contributed by atoms with van der Waals surface area (Å²) in [6.45, 7) is 0.886. The number of nitrogens with one attached hydrogen (secondary N) is 1. The van der Waals surface area contributed by atoms with Crippen LogP contribution >= 0.6 is 23.5 Å². The van der Waals surface area contributed by atoms with Gasteiger partial charge in [0.25, 0.3) is 0 Å². The number of carbonyl (C=O) groups is 2. The Hall–Kier alpha value is -0.600. The predicted octanol–water partition coefficient (Wildman–Crippen LogP) is 0.578. The zero-order valence-corrected chi connectivity index (χ0v) is 12.6. The van der Waals surface area contributed by atoms with Crippen LogP contribution in [0.2, 0.25) is 0 Å². The van der Waals surface area contributed by atoms with Gasteiger partial charge in [-0.25, -0.2) is 4.79 Å². The summed E-state index contributed by atoms with van der Waals surface area (Å²) < 4.78 is 4.88. The van der Waals surface area contributed by atoms with Crippen molar-refractivity contribution < 1.29 is 19.4 Å². The summed E-state index contributed by atoms with van der Waals surface area (Å²) in [4.78, 5) is 23.9. The molecule has 0 aromatic carbocycles. The number of hydrogen-bond acceptors (Lipinski definition) is 5. The van der Waals surface area contributed by atoms with Gasteiger partial charge in [-0.3, -0.25) is 4.79 Å². The van der Waals surface area contributed by atoms with Crippen molar-refractivity contribution >= 4 is 35.5 Å². The van der Waals surface area contributed by atoms with E-state index in [1.807, 2.05) is 23.5 Å². The van der Waals surface area contributed by atoms with Crippen LogP contribution in [0.1, 0.15) is 0 Å². The van der Waals surface area contributed by atoms with Crippen molar-refractivity contribution in [2.45, 2.75) is 5.25 Å². The molecule has 0 aromatic heterocycles. The quantitative estimate of drug-likeness (QED) is 0.716. The highest BCUT2D eigenvalue weighted by molar-refractivity contribution is 8.06. The van der Waals surface area contributed by atoms with Gasteiger partial charge in [0.05, 0.1) is 6.61 Å². The van der Waals surface area contributed by atoms with Gasteiger partial charge in [-0.15, -0.1) is 0 Å². The molecular weight excluding hydrogens is 288 g/mol. The van der Waals surface area contributed by atoms with Crippen LogP contribution in [-0.2, 0) is 9.53 Å². The highest BCUT2D eigenvalue weighted by Crippen LogP contribution is 2.23. The lowest BCUT2D eigenvalue weighted by atomic mass is 10.4. The first kappa shape index (κ1) is 16.5. The minimum absolute atomic E-state index is 0.279. The van der Waals surface area contributed by atoms with Gasteiger partial charge in [0.1, 0.15) is 6.54 Å². The van der Waals surface area contributed by atoms with Gasteiger partial charge in [-0.2, -0.15) is 23.5 Å². The van der Waals surface area contributed by atoms with Crippen molar-refractivity contribution in [3.63, 3.8) is 0 Å². The van der Waals surface area contributed by atoms with E-state index in [4.69, 9.17) is 9.84 Å². The standard InChI is InChI=1S/C11H20N2O4S2/c1-17-3-2-13(7-10(14)15)11(16)12-6-9-8-18-4-5-19-9/h9H,2-8H2,1H3,(H,12,16)(H,14,15). The second-order valence-electron chi connectivity index (χ2n) is 4.06. The molecule has 0 bridgehead atoms. The van der Waals surface area contributed by atoms with Crippen LogP contribution in [0.3, 0.4) is 0 Å². The number of urea groups is 1. The molecule has 1 saturated heterocycles. The minimum Gasteiger partial charge on any atom is -0.480 e. The number of amides is 2. The highest BCUT2D eigenvalue weighted by Gasteiger charge is 2.19. The Morgan fingerprint density at radius 2 is 2.26 bits per heavy atom. The van der Waals surface area contributed by atoms with Gasteiger partial charge in [0.2, 0.25) is 0 Å². The predicted molar refractivity (Wildman–Crippen MR) is 78.1 cm³/mol. The first-order valence-corrected chi connectivity index (χ1v) is 8.26. The summed E-state index contributed by atoms with van der Waals surface area (Å²) in [5.41, 5.74) is 0. The van der Waals surface area contributed by atoms with Crippen LogP contribution in [0.5, 0.6) is 0 Å². The van der Waals surface area contributed by atoms with E-state index in [9.17, 15) is 9.59 Å². The van der Waals surface area contributed by atoms with E-state index in [0.717, 1.165) is 17.3 Å². The van der Waals surface area contributed by atoms with Crippen LogP contribution in [0.4, 0.5) is 4.79 Å². The normalized spacial score (nSPS) is 18.9. The van der Waals surface area contributed by atoms with Crippen molar-refractivity contribution in [2.24, 2.45) is 0 Å². The van der Waals surface area contributed by atoms with Gasteiger partial charge < -0.3 is 20.1 Å². The number of carboxylic acids is 1. The summed E-state index contributed by atoms with van der Waals surface area (Å²) in [6, 6.07) is -0.337. The maximum atomic E-state index is 11.9. The SMILES string of the molecule is COCCN(CC(=O)O)C(=O)NCC1CSCCS1. The van der Waals surface area contributed by atoms with Crippen molar-refractivity contribution in [1.82, 2.24) is 10.2 Å². The van der Waals surface area contributed by atoms with E-state index < -0.39 is 5.97 Å². The molecule has 0 aliphatic carbocycles. The lowest BCUT2D eigenvalue weighted by Gasteiger charge is -2.24. The number of rotatable bonds is 7. The van der Waals surface area contributed by atoms with E-state index in [2.05, 4.69) is 5.32 Å². The molecule has 1 rings (SSSR count). The summed E-state index contributed by atoms with van der Waals surface area (Å²) in [7, 11) is 1.52. The van der Waals surface area contributed by atoms with Crippen molar-refractivity contribution in [1.29, 1.82) is 0 Å². The molecule has 0 saturated carbocycles. The number of methoxy groups -OCH3 is 1. The Labute approximate surface area is 121 Å². The molecule has 0 spiro atoms. The summed E-state index contributed by atoms with van der Waals surface area (Å²) in [6.07, 6.45) is 0. The topological polar surface area (TPSA) is 78.9 Å². The first-order valence-electron chi connectivity index (χ1n) is 6.06. The van der Waals surface area contributed by atoms with Gasteiger partial charge >= 0.3 is 12.0 Å². The number of hydrogen-bond donors (Lipinski definition) is 2. The lowest BCUT2D eigenvalue weighted by molar-refractivity contribution is -0.137. The fraction of sp³-hybridized carbons (Fsp3) is 0.818. The molecule has 1 aliphatic rings. The third-order valence-corrected chi connectivity index (χ3v) is 5.39. The Morgan fingerprint density at radius 1 is 1.47 bits per heavy atom. The largest absolute Gasteiger partial charge is 0.480 e. The number of carboxylic acid groups (broad SMARTS) is 1. The van der Waals surface area contributed by atoms with Gasteiger partial charge in [0, 0.05) is 42.7 Å². The van der Waals surface area contributed by atoms with Crippen LogP contribution < -0.4 is 5.32 Å². The van der Waals surface area contributed by atoms with E-state index >= 15 is 0 Å². The van der Waals surface area contributed by atoms with Crippen LogP contribution in [0.25, 0.3) is 0 Å². The molecular formula is C11H20N2O4S2. The second kappa shape index (κ2) is 9.33. The molecule has 1 unspecified atom stereocenters. The molecule has 0 aromatic rings. The number of thioether (sulfide) groups is 2. The number of ether oxygens (including phenoxy) is 1. The van der Waals surface area contributed by atoms with Crippen LogP contribution in [-0.4, -0.2) is 77.9 Å².